The summed E-state index contributed by atoms with van der Waals surface area (Å²) >= 11 is -1.91. The van der Waals surface area contributed by atoms with Crippen molar-refractivity contribution in [3.63, 3.8) is 0 Å². The van der Waals surface area contributed by atoms with E-state index in [1.165, 1.54) is 35.5 Å². The van der Waals surface area contributed by atoms with Crippen molar-refractivity contribution in [2.75, 3.05) is 26.2 Å². The molecule has 362 valence electrons. The molecule has 0 aliphatic rings. The van der Waals surface area contributed by atoms with E-state index < -0.39 is 54.3 Å². The van der Waals surface area contributed by atoms with Crippen LogP contribution in [0.5, 0.6) is 17.2 Å². The molecule has 2 amide bonds. The van der Waals surface area contributed by atoms with Crippen molar-refractivity contribution < 1.29 is 50.5 Å². The van der Waals surface area contributed by atoms with E-state index in [-0.39, 0.29) is 47.2 Å². The number of sulfonamides is 1. The third-order valence-electron chi connectivity index (χ3n) is 10.1. The first kappa shape index (κ1) is 50.1. The molecule has 0 spiro atoms. The van der Waals surface area contributed by atoms with Gasteiger partial charge in [0.1, 0.15) is 33.3 Å². The second kappa shape index (κ2) is 20.4. The summed E-state index contributed by atoms with van der Waals surface area (Å²) in [6.45, 7) is 9.66. The lowest BCUT2D eigenvalue weighted by atomic mass is 9.98. The fourth-order valence-electron chi connectivity index (χ4n) is 7.03. The molecule has 2 heterocycles. The Balaban J connectivity index is 1.48. The number of hydrogen-bond donors (Lipinski definition) is 1. The van der Waals surface area contributed by atoms with Crippen LogP contribution in [0, 0.1) is 0 Å². The molecule has 1 N–H and O–H groups in total. The number of fused-ring (bicyclic) bond motifs is 1. The maximum Gasteiger partial charge on any atom is 0.426 e. The number of ether oxygens (including phenoxy) is 5. The highest BCUT2D eigenvalue weighted by Gasteiger charge is 2.38. The lowest BCUT2D eigenvalue weighted by molar-refractivity contribution is 0.0430. The molecular weight excluding hydrogens is 947 g/mol. The summed E-state index contributed by atoms with van der Waals surface area (Å²) in [4.78, 5) is 33.3. The summed E-state index contributed by atoms with van der Waals surface area (Å²) in [5.41, 5.74) is 0.466. The third kappa shape index (κ3) is 11.7. The Morgan fingerprint density at radius 2 is 1.22 bits per heavy atom. The monoisotopic (exact) mass is 997 g/mol. The number of benzene rings is 5. The van der Waals surface area contributed by atoms with Crippen LogP contribution in [0.4, 0.5) is 14.7 Å². The molecule has 2 aromatic heterocycles. The smallest absolute Gasteiger partial charge is 0.426 e. The lowest BCUT2D eigenvalue weighted by Crippen LogP contribution is -2.43. The Morgan fingerprint density at radius 1 is 0.710 bits per heavy atom. The maximum atomic E-state index is 15.8. The van der Waals surface area contributed by atoms with Crippen LogP contribution < -0.4 is 19.1 Å². The van der Waals surface area contributed by atoms with E-state index in [2.05, 4.69) is 10.3 Å². The quantitative estimate of drug-likeness (QED) is 0.0947. The number of amides is 2. The molecule has 7 aromatic rings. The summed E-state index contributed by atoms with van der Waals surface area (Å²) in [7, 11) is -0.258. The van der Waals surface area contributed by atoms with Crippen LogP contribution in [0.25, 0.3) is 32.7 Å². The number of methoxy groups -OCH3 is 3. The number of carbonyl (C=O) groups is 2. The molecule has 0 aliphatic carbocycles. The van der Waals surface area contributed by atoms with Crippen LogP contribution in [0.2, 0.25) is 0 Å². The first-order valence-electron chi connectivity index (χ1n) is 21.3. The molecular formula is C48H51N7O11S3. The Hall–Kier alpha value is -6.78. The standard InChI is InChI=1S/C48H51N7O11S3/c1-47(2,3)65-45(56)55(46(57)66-48(4,5)6)44-49-41-37(11-10-12-38(41)67-44)36-25-26-39(68(58)59)42(40(36)43-50-52-54(51-43)29-32-17-23-35(64-9)24-18-32)69(60,61)53(27-30-13-19-33(62-7)20-14-30)28-31-15-21-34(63-8)22-16-31/h10-26H,27-29H2,1-9H3,(H,58,59). The van der Waals surface area contributed by atoms with Gasteiger partial charge in [0.25, 0.3) is 0 Å². The molecule has 0 radical (unpaired) electrons. The molecule has 5 aromatic carbocycles. The van der Waals surface area contributed by atoms with E-state index in [9.17, 15) is 18.4 Å². The minimum atomic E-state index is -4.85. The van der Waals surface area contributed by atoms with Crippen LogP contribution in [0.1, 0.15) is 58.2 Å². The highest BCUT2D eigenvalue weighted by molar-refractivity contribution is 7.90. The second-order valence-electron chi connectivity index (χ2n) is 17.5. The van der Waals surface area contributed by atoms with E-state index in [0.29, 0.717) is 43.5 Å². The fraction of sp³-hybridized carbons (Fsp3) is 0.292. The van der Waals surface area contributed by atoms with Crippen molar-refractivity contribution in [3.05, 3.63) is 120 Å². The van der Waals surface area contributed by atoms with E-state index >= 15 is 8.42 Å². The van der Waals surface area contributed by atoms with Gasteiger partial charge in [-0.25, -0.2) is 27.2 Å². The van der Waals surface area contributed by atoms with Gasteiger partial charge in [-0.15, -0.1) is 10.2 Å². The normalized spacial score (nSPS) is 12.4. The maximum absolute atomic E-state index is 15.8. The van der Waals surface area contributed by atoms with Crippen molar-refractivity contribution in [2.24, 2.45) is 0 Å². The predicted octanol–water partition coefficient (Wildman–Crippen LogP) is 9.34. The minimum Gasteiger partial charge on any atom is -0.497 e. The lowest BCUT2D eigenvalue weighted by Gasteiger charge is -2.27. The first-order chi connectivity index (χ1) is 32.7. The zero-order valence-electron chi connectivity index (χ0n) is 39.3. The van der Waals surface area contributed by atoms with E-state index in [0.717, 1.165) is 16.9 Å². The van der Waals surface area contributed by atoms with Crippen molar-refractivity contribution in [3.8, 4) is 39.8 Å². The number of rotatable bonds is 15. The van der Waals surface area contributed by atoms with Crippen molar-refractivity contribution >= 4 is 60.0 Å². The number of imide groups is 1. The van der Waals surface area contributed by atoms with Crippen molar-refractivity contribution in [2.45, 2.75) is 82.2 Å². The zero-order valence-corrected chi connectivity index (χ0v) is 41.8. The first-order valence-corrected chi connectivity index (χ1v) is 24.7. The second-order valence-corrected chi connectivity index (χ2v) is 21.3. The number of para-hydroxylation sites is 1. The molecule has 1 atom stereocenters. The van der Waals surface area contributed by atoms with Gasteiger partial charge in [-0.05, 0) is 118 Å². The fourth-order valence-corrected chi connectivity index (χ4v) is 10.7. The summed E-state index contributed by atoms with van der Waals surface area (Å²) < 4.78 is 85.1. The highest BCUT2D eigenvalue weighted by atomic mass is 32.2. The van der Waals surface area contributed by atoms with Gasteiger partial charge in [0.2, 0.25) is 21.0 Å². The number of tetrazole rings is 1. The summed E-state index contributed by atoms with van der Waals surface area (Å²) in [5, 5.41) is 13.3. The van der Waals surface area contributed by atoms with Crippen LogP contribution in [0.15, 0.2) is 113 Å². The van der Waals surface area contributed by atoms with Gasteiger partial charge in [0, 0.05) is 18.7 Å². The van der Waals surface area contributed by atoms with Crippen LogP contribution in [0.3, 0.4) is 0 Å². The molecule has 7 rings (SSSR count). The van der Waals surface area contributed by atoms with Crippen molar-refractivity contribution in [1.82, 2.24) is 29.5 Å². The average molecular weight is 998 g/mol. The molecule has 69 heavy (non-hydrogen) atoms. The summed E-state index contributed by atoms with van der Waals surface area (Å²) in [5.74, 6) is 1.54. The number of anilines is 1. The topological polar surface area (TPSA) is 215 Å². The molecule has 0 saturated heterocycles. The van der Waals surface area contributed by atoms with Crippen molar-refractivity contribution in [1.29, 1.82) is 0 Å². The number of aromatic nitrogens is 5. The summed E-state index contributed by atoms with van der Waals surface area (Å²) in [6.07, 6.45) is -2.07. The van der Waals surface area contributed by atoms with Gasteiger partial charge in [-0.3, -0.25) is 0 Å². The minimum absolute atomic E-state index is 0.0999. The van der Waals surface area contributed by atoms with Gasteiger partial charge in [0.05, 0.1) is 48.5 Å². The number of thiazole rings is 1. The Labute approximate surface area is 406 Å². The van der Waals surface area contributed by atoms with Gasteiger partial charge >= 0.3 is 12.2 Å². The number of hydrogen-bond acceptors (Lipinski definition) is 15. The average Bonchev–Trinajstić information content (AvgIpc) is 3.95. The molecule has 21 heteroatoms. The predicted molar refractivity (Wildman–Crippen MR) is 260 cm³/mol. The van der Waals surface area contributed by atoms with Crippen LogP contribution in [-0.2, 0) is 50.2 Å². The summed E-state index contributed by atoms with van der Waals surface area (Å²) in [6, 6.07) is 28.7. The SMILES string of the molecule is COc1ccc(CN(Cc2ccc(OC)cc2)S(=O)(=O)c2c(S(=O)O)ccc(-c3cccc4sc(N(C(=O)OC(C)(C)C)C(=O)OC(C)(C)C)nc34)c2-c2nnn(Cc3ccc(OC)cc3)n2)cc1. The Kier molecular flexibility index (Phi) is 14.8. The van der Waals surface area contributed by atoms with Crippen LogP contribution >= 0.6 is 11.3 Å². The number of carbonyl (C=O) groups excluding carboxylic acids is 2. The van der Waals surface area contributed by atoms with Gasteiger partial charge in [-0.1, -0.05) is 65.9 Å². The molecule has 18 nitrogen and oxygen atoms in total. The van der Waals surface area contributed by atoms with E-state index in [4.69, 9.17) is 33.8 Å². The Morgan fingerprint density at radius 3 is 1.70 bits per heavy atom. The van der Waals surface area contributed by atoms with Gasteiger partial charge in [0.15, 0.2) is 11.1 Å². The third-order valence-corrected chi connectivity index (χ3v) is 13.9. The van der Waals surface area contributed by atoms with Gasteiger partial charge in [-0.2, -0.15) is 14.0 Å². The molecule has 0 bridgehead atoms. The molecule has 0 fully saturated rings. The van der Waals surface area contributed by atoms with Crippen LogP contribution in [-0.4, -0.2) is 91.4 Å². The highest BCUT2D eigenvalue weighted by Crippen LogP contribution is 2.44. The van der Waals surface area contributed by atoms with E-state index in [1.54, 1.807) is 128 Å². The largest absolute Gasteiger partial charge is 0.497 e. The van der Waals surface area contributed by atoms with E-state index in [1.807, 2.05) is 12.1 Å². The number of nitrogens with zero attached hydrogens (tertiary/aromatic N) is 7. The molecule has 1 unspecified atom stereocenters. The van der Waals surface area contributed by atoms with Gasteiger partial charge < -0.3 is 28.2 Å². The zero-order chi connectivity index (χ0) is 49.8. The molecule has 0 saturated carbocycles. The molecule has 0 aliphatic heterocycles. The Bertz CT molecular complexity index is 3030.